The van der Waals surface area contributed by atoms with Gasteiger partial charge in [0.25, 0.3) is 0 Å². The van der Waals surface area contributed by atoms with Crippen LogP contribution in [-0.4, -0.2) is 31.4 Å². The van der Waals surface area contributed by atoms with Crippen LogP contribution >= 0.6 is 0 Å². The van der Waals surface area contributed by atoms with Gasteiger partial charge in [-0.1, -0.05) is 30.3 Å². The minimum Gasteiger partial charge on any atom is -0.349 e. The lowest BCUT2D eigenvalue weighted by Gasteiger charge is -2.14. The fourth-order valence-corrected chi connectivity index (χ4v) is 1.64. The molecular formula is C14H22N2O. The third-order valence-corrected chi connectivity index (χ3v) is 2.82. The van der Waals surface area contributed by atoms with Crippen LogP contribution in [0.5, 0.6) is 0 Å². The highest BCUT2D eigenvalue weighted by atomic mass is 16.2. The Bertz CT molecular complexity index is 335. The van der Waals surface area contributed by atoms with Crippen molar-refractivity contribution in [2.45, 2.75) is 25.8 Å². The van der Waals surface area contributed by atoms with Crippen LogP contribution in [-0.2, 0) is 4.79 Å². The fraction of sp³-hybridized carbons (Fsp3) is 0.500. The minimum absolute atomic E-state index is 0.194. The van der Waals surface area contributed by atoms with Crippen molar-refractivity contribution >= 4 is 5.91 Å². The van der Waals surface area contributed by atoms with Gasteiger partial charge >= 0.3 is 0 Å². The molecule has 1 aromatic rings. The number of nitrogens with one attached hydrogen (secondary N) is 1. The summed E-state index contributed by atoms with van der Waals surface area (Å²) in [7, 11) is 3.59. The first-order chi connectivity index (χ1) is 8.11. The second-order valence-corrected chi connectivity index (χ2v) is 4.48. The summed E-state index contributed by atoms with van der Waals surface area (Å²) in [5, 5.41) is 3.42. The molecule has 0 bridgehead atoms. The molecule has 0 aliphatic rings. The Labute approximate surface area is 104 Å². The van der Waals surface area contributed by atoms with Crippen molar-refractivity contribution in [3.63, 3.8) is 0 Å². The molecule has 94 valence electrons. The van der Waals surface area contributed by atoms with Crippen LogP contribution in [0.2, 0.25) is 0 Å². The molecule has 0 aliphatic heterocycles. The van der Waals surface area contributed by atoms with Crippen molar-refractivity contribution in [1.82, 2.24) is 10.2 Å². The molecule has 0 saturated heterocycles. The van der Waals surface area contributed by atoms with E-state index in [-0.39, 0.29) is 5.91 Å². The molecule has 1 amide bonds. The van der Waals surface area contributed by atoms with Gasteiger partial charge in [-0.3, -0.25) is 4.79 Å². The van der Waals surface area contributed by atoms with Gasteiger partial charge < -0.3 is 10.2 Å². The first-order valence-corrected chi connectivity index (χ1v) is 6.09. The normalized spacial score (nSPS) is 12.2. The molecule has 1 N–H and O–H groups in total. The average Bonchev–Trinajstić information content (AvgIpc) is 2.35. The Morgan fingerprint density at radius 3 is 2.53 bits per heavy atom. The van der Waals surface area contributed by atoms with Gasteiger partial charge in [-0.05, 0) is 25.5 Å². The van der Waals surface area contributed by atoms with E-state index in [1.807, 2.05) is 18.2 Å². The second-order valence-electron chi connectivity index (χ2n) is 4.48. The quantitative estimate of drug-likeness (QED) is 0.765. The Kier molecular flexibility index (Phi) is 5.70. The zero-order valence-electron chi connectivity index (χ0n) is 10.9. The maximum atomic E-state index is 11.4. The van der Waals surface area contributed by atoms with Crippen LogP contribution in [0.1, 0.15) is 31.4 Å². The Morgan fingerprint density at radius 2 is 1.94 bits per heavy atom. The van der Waals surface area contributed by atoms with Crippen LogP contribution in [0.4, 0.5) is 0 Å². The number of carbonyl (C=O) groups excluding carboxylic acids is 1. The Morgan fingerprint density at radius 1 is 1.29 bits per heavy atom. The average molecular weight is 234 g/mol. The van der Waals surface area contributed by atoms with Crippen LogP contribution in [0, 0.1) is 0 Å². The smallest absolute Gasteiger partial charge is 0.222 e. The summed E-state index contributed by atoms with van der Waals surface area (Å²) in [4.78, 5) is 13.0. The molecular weight excluding hydrogens is 212 g/mol. The van der Waals surface area contributed by atoms with Gasteiger partial charge in [-0.15, -0.1) is 0 Å². The van der Waals surface area contributed by atoms with Gasteiger partial charge in [-0.2, -0.15) is 0 Å². The number of rotatable bonds is 6. The molecule has 1 rings (SSSR count). The van der Waals surface area contributed by atoms with E-state index < -0.39 is 0 Å². The molecule has 1 atom stereocenters. The Hall–Kier alpha value is -1.35. The number of hydrogen-bond donors (Lipinski definition) is 1. The molecule has 0 aliphatic carbocycles. The zero-order valence-corrected chi connectivity index (χ0v) is 10.9. The lowest BCUT2D eigenvalue weighted by Crippen LogP contribution is -2.24. The van der Waals surface area contributed by atoms with Crippen LogP contribution in [0.25, 0.3) is 0 Å². The van der Waals surface area contributed by atoms with Crippen molar-refractivity contribution < 1.29 is 4.79 Å². The van der Waals surface area contributed by atoms with Gasteiger partial charge in [0.15, 0.2) is 0 Å². The molecule has 0 heterocycles. The first-order valence-electron chi connectivity index (χ1n) is 6.09. The van der Waals surface area contributed by atoms with E-state index in [0.29, 0.717) is 12.5 Å². The van der Waals surface area contributed by atoms with Gasteiger partial charge in [0.2, 0.25) is 5.91 Å². The zero-order chi connectivity index (χ0) is 12.7. The van der Waals surface area contributed by atoms with E-state index in [0.717, 1.165) is 13.0 Å². The Balaban J connectivity index is 2.21. The lowest BCUT2D eigenvalue weighted by atomic mass is 10.1. The highest BCUT2D eigenvalue weighted by Crippen LogP contribution is 2.10. The molecule has 0 radical (unpaired) electrons. The van der Waals surface area contributed by atoms with Crippen molar-refractivity contribution in [3.05, 3.63) is 35.9 Å². The molecule has 17 heavy (non-hydrogen) atoms. The summed E-state index contributed by atoms with van der Waals surface area (Å²) in [6.45, 7) is 3.01. The fourth-order valence-electron chi connectivity index (χ4n) is 1.64. The summed E-state index contributed by atoms with van der Waals surface area (Å²) in [5.74, 6) is 0.194. The van der Waals surface area contributed by atoms with Gasteiger partial charge in [0.05, 0.1) is 0 Å². The van der Waals surface area contributed by atoms with E-state index in [2.05, 4.69) is 24.4 Å². The third kappa shape index (κ3) is 5.00. The number of carbonyl (C=O) groups is 1. The molecule has 3 heteroatoms. The van der Waals surface area contributed by atoms with Crippen molar-refractivity contribution in [3.8, 4) is 0 Å². The molecule has 0 aromatic heterocycles. The molecule has 0 saturated carbocycles. The summed E-state index contributed by atoms with van der Waals surface area (Å²) < 4.78 is 0. The number of hydrogen-bond acceptors (Lipinski definition) is 2. The van der Waals surface area contributed by atoms with E-state index >= 15 is 0 Å². The molecule has 1 aromatic carbocycles. The third-order valence-electron chi connectivity index (χ3n) is 2.82. The largest absolute Gasteiger partial charge is 0.349 e. The molecule has 0 fully saturated rings. The lowest BCUT2D eigenvalue weighted by molar-refractivity contribution is -0.128. The predicted octanol–water partition coefficient (Wildman–Crippen LogP) is 2.21. The van der Waals surface area contributed by atoms with E-state index in [4.69, 9.17) is 0 Å². The van der Waals surface area contributed by atoms with Gasteiger partial charge in [0, 0.05) is 26.6 Å². The first kappa shape index (κ1) is 13.7. The monoisotopic (exact) mass is 234 g/mol. The minimum atomic E-state index is 0.194. The van der Waals surface area contributed by atoms with Crippen molar-refractivity contribution in [2.24, 2.45) is 0 Å². The van der Waals surface area contributed by atoms with Gasteiger partial charge in [-0.25, -0.2) is 0 Å². The predicted molar refractivity (Wildman–Crippen MR) is 70.8 cm³/mol. The SMILES string of the molecule is CC(NCCCC(=O)N(C)C)c1ccccc1. The van der Waals surface area contributed by atoms with E-state index in [1.54, 1.807) is 19.0 Å². The van der Waals surface area contributed by atoms with Crippen LogP contribution < -0.4 is 5.32 Å². The highest BCUT2D eigenvalue weighted by molar-refractivity contribution is 5.75. The van der Waals surface area contributed by atoms with E-state index in [9.17, 15) is 4.79 Å². The van der Waals surface area contributed by atoms with Crippen molar-refractivity contribution in [2.75, 3.05) is 20.6 Å². The topological polar surface area (TPSA) is 32.3 Å². The molecule has 1 unspecified atom stereocenters. The highest BCUT2D eigenvalue weighted by Gasteiger charge is 2.05. The maximum Gasteiger partial charge on any atom is 0.222 e. The molecule has 3 nitrogen and oxygen atoms in total. The summed E-state index contributed by atoms with van der Waals surface area (Å²) in [5.41, 5.74) is 1.28. The number of amides is 1. The standard InChI is InChI=1S/C14H22N2O/c1-12(13-8-5-4-6-9-13)15-11-7-10-14(17)16(2)3/h4-6,8-9,12,15H,7,10-11H2,1-3H3. The van der Waals surface area contributed by atoms with Crippen LogP contribution in [0.15, 0.2) is 30.3 Å². The summed E-state index contributed by atoms with van der Waals surface area (Å²) >= 11 is 0. The van der Waals surface area contributed by atoms with Crippen molar-refractivity contribution in [1.29, 1.82) is 0 Å². The summed E-state index contributed by atoms with van der Waals surface area (Å²) in [6.07, 6.45) is 1.50. The molecule has 0 spiro atoms. The van der Waals surface area contributed by atoms with E-state index in [1.165, 1.54) is 5.56 Å². The second kappa shape index (κ2) is 7.07. The van der Waals surface area contributed by atoms with Crippen LogP contribution in [0.3, 0.4) is 0 Å². The maximum absolute atomic E-state index is 11.4. The number of nitrogens with zero attached hydrogens (tertiary/aromatic N) is 1. The number of benzene rings is 1. The van der Waals surface area contributed by atoms with Gasteiger partial charge in [0.1, 0.15) is 0 Å². The summed E-state index contributed by atoms with van der Waals surface area (Å²) in [6, 6.07) is 10.7.